The number of amides is 1. The number of rotatable bonds is 4. The fourth-order valence-corrected chi connectivity index (χ4v) is 2.24. The van der Waals surface area contributed by atoms with Crippen LogP contribution in [0.3, 0.4) is 0 Å². The van der Waals surface area contributed by atoms with Gasteiger partial charge < -0.3 is 0 Å². The molecule has 1 amide bonds. The monoisotopic (exact) mass is 199 g/mol. The van der Waals surface area contributed by atoms with E-state index >= 15 is 0 Å². The average molecular weight is 199 g/mol. The Balaban J connectivity index is 2.44. The molecule has 0 aromatic carbocycles. The van der Waals surface area contributed by atoms with Gasteiger partial charge in [0.2, 0.25) is 5.91 Å². The topological polar surface area (TPSA) is 58.4 Å². The molecule has 0 radical (unpaired) electrons. The van der Waals surface area contributed by atoms with E-state index < -0.39 is 0 Å². The average Bonchev–Trinajstić information content (AvgIpc) is 2.62. The van der Waals surface area contributed by atoms with Crippen molar-refractivity contribution in [1.82, 2.24) is 10.3 Å². The number of likely N-dealkylation sites (tertiary alicyclic amines) is 1. The molecule has 0 atom stereocenters. The first-order valence-electron chi connectivity index (χ1n) is 5.37. The molecule has 0 aromatic rings. The van der Waals surface area contributed by atoms with Crippen molar-refractivity contribution in [3.05, 3.63) is 0 Å². The maximum absolute atomic E-state index is 11.1. The standard InChI is InChI=1S/C10H21N3O/c1-3-10(4-2)5-6-13(8-10)7-9(14)12-11/h3-8,11H2,1-2H3,(H,12,14). The number of carbonyl (C=O) groups is 1. The smallest absolute Gasteiger partial charge is 0.248 e. The van der Waals surface area contributed by atoms with Crippen molar-refractivity contribution >= 4 is 5.91 Å². The van der Waals surface area contributed by atoms with Gasteiger partial charge in [0.25, 0.3) is 0 Å². The van der Waals surface area contributed by atoms with E-state index in [1.165, 1.54) is 19.3 Å². The molecule has 1 heterocycles. The second-order valence-electron chi connectivity index (χ2n) is 4.24. The second-order valence-corrected chi connectivity index (χ2v) is 4.24. The van der Waals surface area contributed by atoms with E-state index in [-0.39, 0.29) is 5.91 Å². The molecule has 82 valence electrons. The van der Waals surface area contributed by atoms with E-state index in [0.29, 0.717) is 12.0 Å². The van der Waals surface area contributed by atoms with Crippen LogP contribution in [-0.2, 0) is 4.79 Å². The lowest BCUT2D eigenvalue weighted by molar-refractivity contribution is -0.122. The fraction of sp³-hybridized carbons (Fsp3) is 0.900. The van der Waals surface area contributed by atoms with Gasteiger partial charge in [-0.2, -0.15) is 0 Å². The highest BCUT2D eigenvalue weighted by atomic mass is 16.2. The molecule has 0 unspecified atom stereocenters. The molecule has 1 aliphatic heterocycles. The number of hydrogen-bond donors (Lipinski definition) is 2. The van der Waals surface area contributed by atoms with E-state index in [2.05, 4.69) is 24.2 Å². The van der Waals surface area contributed by atoms with Gasteiger partial charge in [0.15, 0.2) is 0 Å². The molecule has 0 aliphatic carbocycles. The summed E-state index contributed by atoms with van der Waals surface area (Å²) in [7, 11) is 0. The van der Waals surface area contributed by atoms with E-state index in [1.54, 1.807) is 0 Å². The summed E-state index contributed by atoms with van der Waals surface area (Å²) in [5.41, 5.74) is 2.61. The van der Waals surface area contributed by atoms with Crippen LogP contribution in [0.2, 0.25) is 0 Å². The van der Waals surface area contributed by atoms with Crippen molar-refractivity contribution in [3.8, 4) is 0 Å². The summed E-state index contributed by atoms with van der Waals surface area (Å²) in [4.78, 5) is 13.3. The highest BCUT2D eigenvalue weighted by Crippen LogP contribution is 2.36. The molecule has 0 spiro atoms. The number of hydrogen-bond acceptors (Lipinski definition) is 3. The Morgan fingerprint density at radius 1 is 1.50 bits per heavy atom. The Morgan fingerprint density at radius 3 is 2.57 bits per heavy atom. The predicted molar refractivity (Wildman–Crippen MR) is 56.4 cm³/mol. The zero-order valence-electron chi connectivity index (χ0n) is 9.18. The van der Waals surface area contributed by atoms with Gasteiger partial charge >= 0.3 is 0 Å². The van der Waals surface area contributed by atoms with Crippen LogP contribution < -0.4 is 11.3 Å². The lowest BCUT2D eigenvalue weighted by Crippen LogP contribution is -2.40. The van der Waals surface area contributed by atoms with Crippen LogP contribution in [0.15, 0.2) is 0 Å². The SMILES string of the molecule is CCC1(CC)CCN(CC(=O)NN)C1. The zero-order chi connectivity index (χ0) is 10.6. The molecule has 1 saturated heterocycles. The first kappa shape index (κ1) is 11.5. The first-order valence-corrected chi connectivity index (χ1v) is 5.37. The van der Waals surface area contributed by atoms with Crippen LogP contribution in [0.4, 0.5) is 0 Å². The number of nitrogens with one attached hydrogen (secondary N) is 1. The van der Waals surface area contributed by atoms with Crippen LogP contribution >= 0.6 is 0 Å². The quantitative estimate of drug-likeness (QED) is 0.393. The van der Waals surface area contributed by atoms with Crippen molar-refractivity contribution in [3.63, 3.8) is 0 Å². The van der Waals surface area contributed by atoms with Crippen molar-refractivity contribution < 1.29 is 4.79 Å². The summed E-state index contributed by atoms with van der Waals surface area (Å²) < 4.78 is 0. The summed E-state index contributed by atoms with van der Waals surface area (Å²) >= 11 is 0. The third kappa shape index (κ3) is 2.45. The van der Waals surface area contributed by atoms with Gasteiger partial charge in [-0.15, -0.1) is 0 Å². The molecule has 4 nitrogen and oxygen atoms in total. The Hall–Kier alpha value is -0.610. The minimum absolute atomic E-state index is 0.0898. The Kier molecular flexibility index (Phi) is 3.89. The van der Waals surface area contributed by atoms with Gasteiger partial charge in [-0.05, 0) is 31.2 Å². The molecule has 0 saturated carbocycles. The molecule has 3 N–H and O–H groups in total. The van der Waals surface area contributed by atoms with E-state index in [1.807, 2.05) is 0 Å². The molecule has 4 heteroatoms. The Labute approximate surface area is 85.8 Å². The first-order chi connectivity index (χ1) is 6.65. The largest absolute Gasteiger partial charge is 0.294 e. The molecule has 0 aromatic heterocycles. The van der Waals surface area contributed by atoms with Crippen LogP contribution in [0, 0.1) is 5.41 Å². The minimum Gasteiger partial charge on any atom is -0.294 e. The van der Waals surface area contributed by atoms with Crippen molar-refractivity contribution in [2.45, 2.75) is 33.1 Å². The summed E-state index contributed by atoms with van der Waals surface area (Å²) in [6.07, 6.45) is 3.60. The van der Waals surface area contributed by atoms with E-state index in [9.17, 15) is 4.79 Å². The molecule has 0 bridgehead atoms. The van der Waals surface area contributed by atoms with Crippen molar-refractivity contribution in [2.75, 3.05) is 19.6 Å². The molecular formula is C10H21N3O. The van der Waals surface area contributed by atoms with Gasteiger partial charge in [0.05, 0.1) is 6.54 Å². The summed E-state index contributed by atoms with van der Waals surface area (Å²) in [5, 5.41) is 0. The molecule has 1 fully saturated rings. The molecule has 14 heavy (non-hydrogen) atoms. The van der Waals surface area contributed by atoms with Crippen LogP contribution in [0.1, 0.15) is 33.1 Å². The number of nitrogens with zero attached hydrogens (tertiary/aromatic N) is 1. The van der Waals surface area contributed by atoms with Gasteiger partial charge in [-0.1, -0.05) is 13.8 Å². The maximum Gasteiger partial charge on any atom is 0.248 e. The maximum atomic E-state index is 11.1. The third-order valence-corrected chi connectivity index (χ3v) is 3.55. The highest BCUT2D eigenvalue weighted by molar-refractivity contribution is 5.77. The number of hydrazine groups is 1. The number of nitrogens with two attached hydrogens (primary N) is 1. The molecule has 1 rings (SSSR count). The lowest BCUT2D eigenvalue weighted by Gasteiger charge is -2.26. The Bertz CT molecular complexity index is 202. The van der Waals surface area contributed by atoms with E-state index in [0.717, 1.165) is 13.1 Å². The third-order valence-electron chi connectivity index (χ3n) is 3.55. The van der Waals surface area contributed by atoms with Gasteiger partial charge in [0.1, 0.15) is 0 Å². The van der Waals surface area contributed by atoms with Crippen molar-refractivity contribution in [1.29, 1.82) is 0 Å². The van der Waals surface area contributed by atoms with Gasteiger partial charge in [0, 0.05) is 6.54 Å². The van der Waals surface area contributed by atoms with Crippen LogP contribution in [-0.4, -0.2) is 30.4 Å². The second kappa shape index (κ2) is 4.75. The van der Waals surface area contributed by atoms with Gasteiger partial charge in [-0.3, -0.25) is 15.1 Å². The molecule has 1 aliphatic rings. The normalized spacial score (nSPS) is 21.1. The van der Waals surface area contributed by atoms with Crippen LogP contribution in [0.5, 0.6) is 0 Å². The zero-order valence-corrected chi connectivity index (χ0v) is 9.18. The summed E-state index contributed by atoms with van der Waals surface area (Å²) in [5.74, 6) is 4.97. The predicted octanol–water partition coefficient (Wildman–Crippen LogP) is 0.488. The summed E-state index contributed by atoms with van der Waals surface area (Å²) in [6, 6.07) is 0. The van der Waals surface area contributed by atoms with Crippen molar-refractivity contribution in [2.24, 2.45) is 11.3 Å². The molecular weight excluding hydrogens is 178 g/mol. The highest BCUT2D eigenvalue weighted by Gasteiger charge is 2.35. The number of carbonyl (C=O) groups excluding carboxylic acids is 1. The van der Waals surface area contributed by atoms with E-state index in [4.69, 9.17) is 5.84 Å². The fourth-order valence-electron chi connectivity index (χ4n) is 2.24. The van der Waals surface area contributed by atoms with Gasteiger partial charge in [-0.25, -0.2) is 5.84 Å². The summed E-state index contributed by atoms with van der Waals surface area (Å²) in [6.45, 7) is 6.97. The minimum atomic E-state index is -0.0898. The Morgan fingerprint density at radius 2 is 2.14 bits per heavy atom. The lowest BCUT2D eigenvalue weighted by atomic mass is 9.82. The van der Waals surface area contributed by atoms with Crippen LogP contribution in [0.25, 0.3) is 0 Å².